The number of piperidine rings is 2. The van der Waals surface area contributed by atoms with E-state index in [1.54, 1.807) is 39.8 Å². The number of hydrogen-bond acceptors (Lipinski definition) is 14. The average Bonchev–Trinajstić information content (AvgIpc) is 3.88. The van der Waals surface area contributed by atoms with E-state index in [1.165, 1.54) is 12.8 Å². The summed E-state index contributed by atoms with van der Waals surface area (Å²) in [5, 5.41) is 11.1. The number of nitrogens with one attached hydrogen (secondary N) is 2. The summed E-state index contributed by atoms with van der Waals surface area (Å²) in [6.07, 6.45) is 8.42. The fourth-order valence-electron chi connectivity index (χ4n) is 11.3. The lowest BCUT2D eigenvalue weighted by Crippen LogP contribution is -2.54. The number of nitrogens with zero attached hydrogens (tertiary/aromatic N) is 12. The van der Waals surface area contributed by atoms with Crippen molar-refractivity contribution < 1.29 is 16.8 Å². The van der Waals surface area contributed by atoms with Crippen molar-refractivity contribution in [3.8, 4) is 0 Å². The van der Waals surface area contributed by atoms with E-state index >= 15 is 0 Å². The van der Waals surface area contributed by atoms with E-state index in [2.05, 4.69) is 42.9 Å². The topological polar surface area (TPSA) is 192 Å². The van der Waals surface area contributed by atoms with Crippen LogP contribution in [0, 0.1) is 37.5 Å². The average molecular weight is 1190 g/mol. The second-order valence-corrected chi connectivity index (χ2v) is 28.6. The van der Waals surface area contributed by atoms with Gasteiger partial charge in [-0.25, -0.2) is 55.6 Å². The third-order valence-electron chi connectivity index (χ3n) is 16.3. The van der Waals surface area contributed by atoms with Crippen molar-refractivity contribution in [3.05, 3.63) is 91.4 Å². The quantitative estimate of drug-likeness (QED) is 0.0828. The van der Waals surface area contributed by atoms with Gasteiger partial charge in [0.25, 0.3) is 0 Å². The Kier molecular flexibility index (Phi) is 18.5. The minimum atomic E-state index is -3.22. The van der Waals surface area contributed by atoms with E-state index < -0.39 is 30.5 Å². The summed E-state index contributed by atoms with van der Waals surface area (Å²) in [5.41, 5.74) is 6.62. The highest BCUT2D eigenvalue weighted by Gasteiger charge is 2.39. The lowest BCUT2D eigenvalue weighted by Gasteiger charge is -2.47. The molecule has 6 aromatic rings. The molecule has 78 heavy (non-hydrogen) atoms. The minimum Gasteiger partial charge on any atom is -0.355 e. The fraction of sp³-hybridized carbons (Fsp3) is 0.593. The van der Waals surface area contributed by atoms with Gasteiger partial charge in [-0.1, -0.05) is 58.5 Å². The highest BCUT2D eigenvalue weighted by Crippen LogP contribution is 2.37. The number of hydrogen-bond donors (Lipinski definition) is 2. The summed E-state index contributed by atoms with van der Waals surface area (Å²) in [7, 11) is -6.43. The number of anilines is 2. The molecular formula is C54H74Cl4N14O4S2. The van der Waals surface area contributed by atoms with Crippen molar-refractivity contribution in [3.63, 3.8) is 0 Å². The van der Waals surface area contributed by atoms with Crippen molar-refractivity contribution in [1.82, 2.24) is 58.7 Å². The molecule has 4 aliphatic rings. The molecule has 4 atom stereocenters. The third kappa shape index (κ3) is 13.2. The molecule has 424 valence electrons. The van der Waals surface area contributed by atoms with Crippen molar-refractivity contribution in [2.24, 2.45) is 23.7 Å². The Labute approximate surface area is 480 Å². The van der Waals surface area contributed by atoms with E-state index in [1.807, 2.05) is 59.9 Å². The summed E-state index contributed by atoms with van der Waals surface area (Å²) in [6, 6.07) is 10.8. The molecule has 0 amide bonds. The lowest BCUT2D eigenvalue weighted by atomic mass is 9.80. The molecule has 4 aliphatic heterocycles. The van der Waals surface area contributed by atoms with Crippen LogP contribution in [0.2, 0.25) is 20.1 Å². The molecule has 24 heteroatoms. The largest absolute Gasteiger partial charge is 0.355 e. The van der Waals surface area contributed by atoms with Crippen LogP contribution in [0.4, 0.5) is 11.6 Å². The summed E-state index contributed by atoms with van der Waals surface area (Å²) in [5.74, 6) is 4.13. The number of benzene rings is 2. The predicted octanol–water partition coefficient (Wildman–Crippen LogP) is 9.05. The maximum Gasteiger partial charge on any atom is 0.213 e. The fourth-order valence-corrected chi connectivity index (χ4v) is 13.8. The molecule has 0 aliphatic carbocycles. The van der Waals surface area contributed by atoms with Gasteiger partial charge in [0.1, 0.15) is 22.7 Å². The molecule has 0 spiro atoms. The van der Waals surface area contributed by atoms with Gasteiger partial charge in [0.2, 0.25) is 20.0 Å². The summed E-state index contributed by atoms with van der Waals surface area (Å²) in [6.45, 7) is 25.1. The first-order valence-corrected chi connectivity index (χ1v) is 31.9. The monoisotopic (exact) mass is 1190 g/mol. The number of sulfonamides is 2. The van der Waals surface area contributed by atoms with Crippen LogP contribution in [0.15, 0.2) is 48.8 Å². The van der Waals surface area contributed by atoms with Crippen molar-refractivity contribution in [2.75, 3.05) is 88.3 Å². The number of rotatable bonds is 18. The molecule has 2 aromatic carbocycles. The van der Waals surface area contributed by atoms with Crippen LogP contribution in [0.5, 0.6) is 0 Å². The predicted molar refractivity (Wildman–Crippen MR) is 315 cm³/mol. The van der Waals surface area contributed by atoms with Crippen LogP contribution < -0.4 is 19.2 Å². The van der Waals surface area contributed by atoms with Crippen LogP contribution >= 0.6 is 46.4 Å². The number of aryl methyl sites for hydroxylation is 2. The van der Waals surface area contributed by atoms with Crippen LogP contribution in [-0.2, 0) is 20.0 Å². The maximum absolute atomic E-state index is 12.0. The van der Waals surface area contributed by atoms with E-state index in [0.717, 1.165) is 135 Å². The Bertz CT molecular complexity index is 3100. The second-order valence-electron chi connectivity index (χ2n) is 22.3. The molecule has 0 unspecified atom stereocenters. The van der Waals surface area contributed by atoms with Crippen LogP contribution in [0.3, 0.4) is 0 Å². The Morgan fingerprint density at radius 1 is 0.564 bits per heavy atom. The van der Waals surface area contributed by atoms with Crippen molar-refractivity contribution in [1.29, 1.82) is 0 Å². The molecule has 10 rings (SSSR count). The van der Waals surface area contributed by atoms with Crippen LogP contribution in [0.25, 0.3) is 22.3 Å². The Morgan fingerprint density at radius 2 is 0.949 bits per heavy atom. The third-order valence-corrected chi connectivity index (χ3v) is 21.1. The molecule has 4 fully saturated rings. The SMILES string of the molecule is Cc1nn([C@H](C)c2ccc(Cl)cc2Cl)c2nc(N3CC([C@@H]4CCCN(CCNS(=O)(=O)C(C)C)C4)C3)cnc12.Cc1nn([C@H](C)c2ccc(Cl)cc2Cl)c2nc(N3CC([C@H]4CCCN(CCNS(=O)(=O)C(C)C)C4)C3)cnc12. The molecule has 0 bridgehead atoms. The summed E-state index contributed by atoms with van der Waals surface area (Å²) in [4.78, 5) is 28.8. The number of likely N-dealkylation sites (tertiary alicyclic amines) is 2. The van der Waals surface area contributed by atoms with Gasteiger partial charge in [-0.2, -0.15) is 10.2 Å². The normalized spacial score (nSPS) is 20.1. The molecule has 4 saturated heterocycles. The first-order chi connectivity index (χ1) is 37.1. The van der Waals surface area contributed by atoms with Crippen molar-refractivity contribution in [2.45, 2.75) is 104 Å². The standard InChI is InChI=1S/2C27H37Cl2N7O2S/c2*1-17(2)39(37,38)31-9-11-34-10-5-6-20(14-34)21-15-35(16-21)25-13-30-26-18(3)33-36(27(26)32-25)19(4)23-8-7-22(28)12-24(23)29/h2*7-8,12-13,17,19-21,31H,5-6,9-11,14-16H2,1-4H3/t19-,20+;19-,20-/m11/s1. The zero-order valence-electron chi connectivity index (χ0n) is 45.9. The van der Waals surface area contributed by atoms with Gasteiger partial charge in [-0.3, -0.25) is 0 Å². The van der Waals surface area contributed by atoms with E-state index in [0.29, 0.717) is 56.9 Å². The van der Waals surface area contributed by atoms with E-state index in [-0.39, 0.29) is 12.1 Å². The van der Waals surface area contributed by atoms with Gasteiger partial charge in [0.05, 0.1) is 46.4 Å². The van der Waals surface area contributed by atoms with Crippen molar-refractivity contribution >= 4 is 100 Å². The molecule has 4 aromatic heterocycles. The molecule has 0 radical (unpaired) electrons. The van der Waals surface area contributed by atoms with Gasteiger partial charge in [0, 0.05) is 85.5 Å². The Hall–Kier alpha value is -3.96. The van der Waals surface area contributed by atoms with Gasteiger partial charge >= 0.3 is 0 Å². The highest BCUT2D eigenvalue weighted by molar-refractivity contribution is 7.90. The minimum absolute atomic E-state index is 0.127. The van der Waals surface area contributed by atoms with Gasteiger partial charge in [0.15, 0.2) is 11.3 Å². The number of aromatic nitrogens is 8. The molecule has 18 nitrogen and oxygen atoms in total. The van der Waals surface area contributed by atoms with Crippen LogP contribution in [0.1, 0.15) is 102 Å². The summed E-state index contributed by atoms with van der Waals surface area (Å²) >= 11 is 25.2. The molecular weight excluding hydrogens is 1110 g/mol. The van der Waals surface area contributed by atoms with Gasteiger partial charge < -0.3 is 19.6 Å². The number of halogens is 4. The number of fused-ring (bicyclic) bond motifs is 2. The molecule has 0 saturated carbocycles. The first-order valence-electron chi connectivity index (χ1n) is 27.3. The van der Waals surface area contributed by atoms with Gasteiger partial charge in [-0.15, -0.1) is 0 Å². The Morgan fingerprint density at radius 3 is 1.31 bits per heavy atom. The van der Waals surface area contributed by atoms with E-state index in [9.17, 15) is 16.8 Å². The van der Waals surface area contributed by atoms with Crippen LogP contribution in [-0.4, -0.2) is 155 Å². The maximum atomic E-state index is 12.0. The molecule has 8 heterocycles. The zero-order valence-corrected chi connectivity index (χ0v) is 50.5. The Balaban J connectivity index is 0.000000190. The van der Waals surface area contributed by atoms with E-state index in [4.69, 9.17) is 76.5 Å². The molecule has 2 N–H and O–H groups in total. The highest BCUT2D eigenvalue weighted by atomic mass is 35.5. The lowest BCUT2D eigenvalue weighted by molar-refractivity contribution is 0.121. The smallest absolute Gasteiger partial charge is 0.213 e. The first kappa shape index (κ1) is 58.7. The summed E-state index contributed by atoms with van der Waals surface area (Å²) < 4.78 is 57.5. The van der Waals surface area contributed by atoms with Gasteiger partial charge in [-0.05, 0) is 153 Å². The second kappa shape index (κ2) is 24.6. The zero-order chi connectivity index (χ0) is 55.8.